The Bertz CT molecular complexity index is 1240. The van der Waals surface area contributed by atoms with Crippen molar-refractivity contribution in [1.29, 1.82) is 0 Å². The molecule has 0 unspecified atom stereocenters. The van der Waals surface area contributed by atoms with Gasteiger partial charge in [-0.05, 0) is 61.7 Å². The molecule has 39 heavy (non-hydrogen) atoms. The molecular formula is C28H31ClN2O6S2. The van der Waals surface area contributed by atoms with E-state index in [1.807, 2.05) is 29.9 Å². The van der Waals surface area contributed by atoms with Crippen LogP contribution in [-0.2, 0) is 19.9 Å². The Kier molecular flexibility index (Phi) is 9.79. The molecule has 1 saturated carbocycles. The molecule has 0 saturated heterocycles. The second-order valence-corrected chi connectivity index (χ2v) is 11.8. The summed E-state index contributed by atoms with van der Waals surface area (Å²) in [5.41, 5.74) is -1.10. The number of thiophene rings is 2. The predicted octanol–water partition coefficient (Wildman–Crippen LogP) is 5.34. The Morgan fingerprint density at radius 3 is 2.33 bits per heavy atom. The van der Waals surface area contributed by atoms with Crippen LogP contribution in [0.1, 0.15) is 52.2 Å². The number of hydrogen-bond acceptors (Lipinski definition) is 9. The van der Waals surface area contributed by atoms with Crippen LogP contribution in [0, 0.1) is 0 Å². The summed E-state index contributed by atoms with van der Waals surface area (Å²) in [6, 6.07) is 10.4. The van der Waals surface area contributed by atoms with Crippen molar-refractivity contribution in [1.82, 2.24) is 4.90 Å². The number of nitrogens with one attached hydrogen (secondary N) is 1. The zero-order valence-corrected chi connectivity index (χ0v) is 24.1. The smallest absolute Gasteiger partial charge is 0.349 e. The van der Waals surface area contributed by atoms with Gasteiger partial charge in [0.25, 0.3) is 0 Å². The van der Waals surface area contributed by atoms with Gasteiger partial charge in [0.1, 0.15) is 11.9 Å². The number of methoxy groups -OCH3 is 1. The summed E-state index contributed by atoms with van der Waals surface area (Å²) in [5.74, 6) is -0.505. The number of anilines is 1. The lowest BCUT2D eigenvalue weighted by Crippen LogP contribution is -2.42. The number of ether oxygens (including phenoxy) is 2. The standard InChI is InChI=1S/C28H31ClN2O6S2/c1-31(12-11-26(33)30-22-16-23(36-2)18(17-32)15-21(22)29)19-7-9-20(10-8-19)37-27(34)28(35,24-5-3-13-38-24)25-6-4-14-39-25/h3-6,13-17,19-20,35H,7-12H2,1-2H3,(H,30,33). The first-order valence-corrected chi connectivity index (χ1v) is 14.7. The molecule has 1 aliphatic rings. The predicted molar refractivity (Wildman–Crippen MR) is 153 cm³/mol. The van der Waals surface area contributed by atoms with Gasteiger partial charge in [0.05, 0.1) is 33.1 Å². The highest BCUT2D eigenvalue weighted by molar-refractivity contribution is 7.12. The minimum absolute atomic E-state index is 0.200. The maximum atomic E-state index is 13.2. The van der Waals surface area contributed by atoms with Crippen LogP contribution in [0.15, 0.2) is 47.2 Å². The Labute approximate surface area is 240 Å². The molecule has 1 fully saturated rings. The van der Waals surface area contributed by atoms with Crippen LogP contribution in [-0.4, -0.2) is 61.0 Å². The van der Waals surface area contributed by atoms with Crippen molar-refractivity contribution >= 4 is 58.1 Å². The van der Waals surface area contributed by atoms with Gasteiger partial charge in [-0.1, -0.05) is 23.7 Å². The number of halogens is 1. The lowest BCUT2D eigenvalue weighted by atomic mass is 9.91. The zero-order chi connectivity index (χ0) is 28.0. The number of amides is 1. The van der Waals surface area contributed by atoms with Crippen LogP contribution in [0.25, 0.3) is 0 Å². The molecule has 2 heterocycles. The summed E-state index contributed by atoms with van der Waals surface area (Å²) in [5, 5.41) is 18.2. The van der Waals surface area contributed by atoms with Gasteiger partial charge in [-0.3, -0.25) is 9.59 Å². The third kappa shape index (κ3) is 6.70. The van der Waals surface area contributed by atoms with Gasteiger partial charge in [0, 0.05) is 25.1 Å². The molecule has 1 aromatic carbocycles. The Morgan fingerprint density at radius 1 is 1.15 bits per heavy atom. The fraction of sp³-hybridized carbons (Fsp3) is 0.393. The van der Waals surface area contributed by atoms with E-state index in [4.69, 9.17) is 21.1 Å². The molecule has 0 radical (unpaired) electrons. The van der Waals surface area contributed by atoms with Crippen molar-refractivity contribution in [3.8, 4) is 5.75 Å². The maximum Gasteiger partial charge on any atom is 0.349 e. The molecule has 0 bridgehead atoms. The highest BCUT2D eigenvalue weighted by Crippen LogP contribution is 2.38. The molecule has 1 aliphatic carbocycles. The number of benzene rings is 1. The Balaban J connectivity index is 1.27. The monoisotopic (exact) mass is 590 g/mol. The van der Waals surface area contributed by atoms with Crippen LogP contribution in [0.5, 0.6) is 5.75 Å². The van der Waals surface area contributed by atoms with Crippen molar-refractivity contribution in [3.05, 3.63) is 67.5 Å². The van der Waals surface area contributed by atoms with E-state index < -0.39 is 11.6 Å². The van der Waals surface area contributed by atoms with E-state index in [1.165, 1.54) is 41.9 Å². The summed E-state index contributed by atoms with van der Waals surface area (Å²) in [4.78, 5) is 40.2. The molecule has 4 rings (SSSR count). The van der Waals surface area contributed by atoms with Gasteiger partial charge >= 0.3 is 5.97 Å². The minimum Gasteiger partial charge on any atom is -0.496 e. The summed E-state index contributed by atoms with van der Waals surface area (Å²) >= 11 is 8.86. The number of hydrogen-bond donors (Lipinski definition) is 2. The SMILES string of the molecule is COc1cc(NC(=O)CCN(C)C2CCC(OC(=O)C(O)(c3cccs3)c3cccs3)CC2)c(Cl)cc1C=O. The van der Waals surface area contributed by atoms with Crippen molar-refractivity contribution in [2.75, 3.05) is 26.0 Å². The quantitative estimate of drug-likeness (QED) is 0.229. The number of rotatable bonds is 11. The average molecular weight is 591 g/mol. The van der Waals surface area contributed by atoms with Crippen LogP contribution < -0.4 is 10.1 Å². The molecule has 8 nitrogen and oxygen atoms in total. The normalized spacial score (nSPS) is 17.6. The van der Waals surface area contributed by atoms with E-state index in [1.54, 1.807) is 12.1 Å². The molecule has 2 N–H and O–H groups in total. The van der Waals surface area contributed by atoms with E-state index in [0.29, 0.717) is 52.4 Å². The van der Waals surface area contributed by atoms with E-state index in [-0.39, 0.29) is 29.5 Å². The molecule has 208 valence electrons. The van der Waals surface area contributed by atoms with E-state index in [2.05, 4.69) is 10.2 Å². The van der Waals surface area contributed by atoms with Crippen LogP contribution in [0.2, 0.25) is 5.02 Å². The fourth-order valence-corrected chi connectivity index (χ4v) is 6.67. The molecule has 2 aromatic heterocycles. The van der Waals surface area contributed by atoms with Crippen molar-refractivity contribution in [2.45, 2.75) is 49.9 Å². The highest BCUT2D eigenvalue weighted by atomic mass is 35.5. The Hall–Kier alpha value is -2.76. The number of aldehydes is 1. The second-order valence-electron chi connectivity index (χ2n) is 9.47. The molecule has 3 aromatic rings. The third-order valence-electron chi connectivity index (χ3n) is 7.00. The third-order valence-corrected chi connectivity index (χ3v) is 9.27. The largest absolute Gasteiger partial charge is 0.496 e. The Morgan fingerprint density at radius 2 is 1.79 bits per heavy atom. The highest BCUT2D eigenvalue weighted by Gasteiger charge is 2.45. The van der Waals surface area contributed by atoms with Crippen molar-refractivity contribution in [3.63, 3.8) is 0 Å². The molecule has 0 spiro atoms. The number of carbonyl (C=O) groups is 3. The molecule has 0 atom stereocenters. The number of nitrogens with zero attached hydrogens (tertiary/aromatic N) is 1. The van der Waals surface area contributed by atoms with E-state index >= 15 is 0 Å². The van der Waals surface area contributed by atoms with E-state index in [0.717, 1.165) is 12.8 Å². The van der Waals surface area contributed by atoms with Gasteiger partial charge < -0.3 is 24.8 Å². The number of carbonyl (C=O) groups excluding carboxylic acids is 3. The minimum atomic E-state index is -1.80. The first kappa shape index (κ1) is 29.2. The number of esters is 1. The zero-order valence-electron chi connectivity index (χ0n) is 21.7. The van der Waals surface area contributed by atoms with Crippen LogP contribution in [0.3, 0.4) is 0 Å². The van der Waals surface area contributed by atoms with Gasteiger partial charge in [0.15, 0.2) is 6.29 Å². The molecule has 0 aliphatic heterocycles. The lowest BCUT2D eigenvalue weighted by Gasteiger charge is -2.35. The van der Waals surface area contributed by atoms with Gasteiger partial charge in [-0.25, -0.2) is 4.79 Å². The molecule has 11 heteroatoms. The van der Waals surface area contributed by atoms with Crippen molar-refractivity contribution < 1.29 is 29.0 Å². The maximum absolute atomic E-state index is 13.2. The molecule has 1 amide bonds. The summed E-state index contributed by atoms with van der Waals surface area (Å²) in [6.07, 6.45) is 3.60. The van der Waals surface area contributed by atoms with Gasteiger partial charge in [0.2, 0.25) is 11.5 Å². The van der Waals surface area contributed by atoms with Crippen LogP contribution >= 0.6 is 34.3 Å². The van der Waals surface area contributed by atoms with Gasteiger partial charge in [-0.2, -0.15) is 0 Å². The summed E-state index contributed by atoms with van der Waals surface area (Å²) < 4.78 is 11.0. The average Bonchev–Trinajstić information content (AvgIpc) is 3.68. The topological polar surface area (TPSA) is 105 Å². The number of aliphatic hydroxyl groups is 1. The van der Waals surface area contributed by atoms with Gasteiger partial charge in [-0.15, -0.1) is 22.7 Å². The van der Waals surface area contributed by atoms with E-state index in [9.17, 15) is 19.5 Å². The summed E-state index contributed by atoms with van der Waals surface area (Å²) in [7, 11) is 3.42. The second kappa shape index (κ2) is 13.1. The molecular weight excluding hydrogens is 560 g/mol. The lowest BCUT2D eigenvalue weighted by molar-refractivity contribution is -0.169. The van der Waals surface area contributed by atoms with Crippen LogP contribution in [0.4, 0.5) is 5.69 Å². The van der Waals surface area contributed by atoms with Crippen molar-refractivity contribution in [2.24, 2.45) is 0 Å². The fourth-order valence-electron chi connectivity index (χ4n) is 4.74. The first-order chi connectivity index (χ1) is 18.8. The summed E-state index contributed by atoms with van der Waals surface area (Å²) in [6.45, 7) is 0.540. The first-order valence-electron chi connectivity index (χ1n) is 12.6.